The van der Waals surface area contributed by atoms with Crippen molar-refractivity contribution in [1.82, 2.24) is 10.6 Å². The lowest BCUT2D eigenvalue weighted by molar-refractivity contribution is -0.127. The number of primary amides is 1. The van der Waals surface area contributed by atoms with E-state index in [1.807, 2.05) is 6.92 Å². The van der Waals surface area contributed by atoms with Crippen molar-refractivity contribution in [1.29, 1.82) is 0 Å². The molecule has 2 unspecified atom stereocenters. The molecule has 2 atom stereocenters. The van der Waals surface area contributed by atoms with E-state index in [0.29, 0.717) is 5.92 Å². The summed E-state index contributed by atoms with van der Waals surface area (Å²) >= 11 is 0. The molecule has 0 aliphatic carbocycles. The van der Waals surface area contributed by atoms with Gasteiger partial charge in [-0.2, -0.15) is 0 Å². The lowest BCUT2D eigenvalue weighted by atomic mass is 9.76. The van der Waals surface area contributed by atoms with Gasteiger partial charge in [-0.3, -0.25) is 4.79 Å². The van der Waals surface area contributed by atoms with Crippen molar-refractivity contribution >= 4 is 5.91 Å². The molecular formula is C10H21N3O. The Morgan fingerprint density at radius 3 is 2.86 bits per heavy atom. The van der Waals surface area contributed by atoms with Crippen LogP contribution in [0.1, 0.15) is 26.7 Å². The number of piperidine rings is 1. The van der Waals surface area contributed by atoms with Crippen LogP contribution in [0.3, 0.4) is 0 Å². The lowest BCUT2D eigenvalue weighted by Gasteiger charge is -2.42. The van der Waals surface area contributed by atoms with Gasteiger partial charge in [0, 0.05) is 6.54 Å². The normalized spacial score (nSPS) is 32.9. The lowest BCUT2D eigenvalue weighted by Crippen LogP contribution is -2.65. The molecule has 1 heterocycles. The molecule has 1 fully saturated rings. The van der Waals surface area contributed by atoms with Crippen LogP contribution in [0.2, 0.25) is 0 Å². The summed E-state index contributed by atoms with van der Waals surface area (Å²) in [6.07, 6.45) is 1.78. The highest BCUT2D eigenvalue weighted by atomic mass is 16.1. The first-order chi connectivity index (χ1) is 6.67. The number of hydrogen-bond acceptors (Lipinski definition) is 3. The highest BCUT2D eigenvalue weighted by Gasteiger charge is 2.43. The van der Waals surface area contributed by atoms with Crippen molar-refractivity contribution in [2.75, 3.05) is 19.6 Å². The standard InChI is InChI=1S/C10H21N3O/c1-3-8-7-12-6-5-10(8,9(11)14)13-4-2/h8,12-13H,3-7H2,1-2H3,(H2,11,14). The SMILES string of the molecule is CCNC1(C(N)=O)CCNCC1CC. The van der Waals surface area contributed by atoms with E-state index in [4.69, 9.17) is 5.73 Å². The van der Waals surface area contributed by atoms with Gasteiger partial charge in [-0.1, -0.05) is 13.8 Å². The minimum Gasteiger partial charge on any atom is -0.368 e. The fraction of sp³-hybridized carbons (Fsp3) is 0.900. The summed E-state index contributed by atoms with van der Waals surface area (Å²) in [5, 5.41) is 6.59. The summed E-state index contributed by atoms with van der Waals surface area (Å²) in [6, 6.07) is 0. The summed E-state index contributed by atoms with van der Waals surface area (Å²) in [4.78, 5) is 11.6. The van der Waals surface area contributed by atoms with Crippen LogP contribution < -0.4 is 16.4 Å². The molecule has 1 aliphatic rings. The average Bonchev–Trinajstić information content (AvgIpc) is 2.18. The minimum absolute atomic E-state index is 0.201. The maximum Gasteiger partial charge on any atom is 0.238 e. The van der Waals surface area contributed by atoms with Gasteiger partial charge in [-0.25, -0.2) is 0 Å². The maximum absolute atomic E-state index is 11.6. The van der Waals surface area contributed by atoms with Crippen molar-refractivity contribution in [2.24, 2.45) is 11.7 Å². The van der Waals surface area contributed by atoms with E-state index in [2.05, 4.69) is 17.6 Å². The van der Waals surface area contributed by atoms with E-state index in [1.165, 1.54) is 0 Å². The molecule has 1 rings (SSSR count). The number of nitrogens with two attached hydrogens (primary N) is 1. The molecule has 0 radical (unpaired) electrons. The quantitative estimate of drug-likeness (QED) is 0.589. The number of hydrogen-bond donors (Lipinski definition) is 3. The van der Waals surface area contributed by atoms with Gasteiger partial charge in [0.25, 0.3) is 0 Å². The Balaban J connectivity index is 2.84. The van der Waals surface area contributed by atoms with Crippen molar-refractivity contribution in [2.45, 2.75) is 32.2 Å². The van der Waals surface area contributed by atoms with Gasteiger partial charge >= 0.3 is 0 Å². The van der Waals surface area contributed by atoms with E-state index in [1.54, 1.807) is 0 Å². The highest BCUT2D eigenvalue weighted by Crippen LogP contribution is 2.26. The first kappa shape index (κ1) is 11.5. The van der Waals surface area contributed by atoms with E-state index >= 15 is 0 Å². The second kappa shape index (κ2) is 4.75. The van der Waals surface area contributed by atoms with Crippen LogP contribution in [0, 0.1) is 5.92 Å². The Bertz CT molecular complexity index is 204. The number of carbonyl (C=O) groups excluding carboxylic acids is 1. The molecule has 0 aromatic heterocycles. The summed E-state index contributed by atoms with van der Waals surface area (Å²) in [5.74, 6) is 0.112. The Hall–Kier alpha value is -0.610. The first-order valence-electron chi connectivity index (χ1n) is 5.43. The molecule has 1 amide bonds. The van der Waals surface area contributed by atoms with Gasteiger partial charge in [0.2, 0.25) is 5.91 Å². The zero-order chi connectivity index (χ0) is 10.6. The van der Waals surface area contributed by atoms with Crippen molar-refractivity contribution in [3.05, 3.63) is 0 Å². The molecule has 0 aromatic rings. The molecule has 1 aliphatic heterocycles. The van der Waals surface area contributed by atoms with Gasteiger partial charge in [0.1, 0.15) is 5.54 Å². The molecular weight excluding hydrogens is 178 g/mol. The van der Waals surface area contributed by atoms with Gasteiger partial charge in [-0.15, -0.1) is 0 Å². The second-order valence-corrected chi connectivity index (χ2v) is 3.93. The second-order valence-electron chi connectivity index (χ2n) is 3.93. The first-order valence-corrected chi connectivity index (χ1v) is 5.43. The van der Waals surface area contributed by atoms with Crippen LogP contribution in [-0.2, 0) is 4.79 Å². The number of likely N-dealkylation sites (N-methyl/N-ethyl adjacent to an activating group) is 1. The predicted molar refractivity (Wildman–Crippen MR) is 56.9 cm³/mol. The third-order valence-corrected chi connectivity index (χ3v) is 3.21. The molecule has 1 saturated heterocycles. The Labute approximate surface area is 85.6 Å². The van der Waals surface area contributed by atoms with Gasteiger partial charge in [0.05, 0.1) is 0 Å². The van der Waals surface area contributed by atoms with E-state index < -0.39 is 5.54 Å². The molecule has 14 heavy (non-hydrogen) atoms. The van der Waals surface area contributed by atoms with E-state index in [9.17, 15) is 4.79 Å². The zero-order valence-electron chi connectivity index (χ0n) is 9.10. The molecule has 0 bridgehead atoms. The van der Waals surface area contributed by atoms with Gasteiger partial charge < -0.3 is 16.4 Å². The summed E-state index contributed by atoms with van der Waals surface area (Å²) in [5.41, 5.74) is 5.05. The van der Waals surface area contributed by atoms with Crippen LogP contribution in [0.15, 0.2) is 0 Å². The third-order valence-electron chi connectivity index (χ3n) is 3.21. The van der Waals surface area contributed by atoms with Crippen LogP contribution in [-0.4, -0.2) is 31.1 Å². The summed E-state index contributed by atoms with van der Waals surface area (Å²) in [7, 11) is 0. The topological polar surface area (TPSA) is 67.1 Å². The Kier molecular flexibility index (Phi) is 3.89. The Morgan fingerprint density at radius 2 is 2.36 bits per heavy atom. The number of carbonyl (C=O) groups is 1. The largest absolute Gasteiger partial charge is 0.368 e. The highest BCUT2D eigenvalue weighted by molar-refractivity contribution is 5.85. The molecule has 0 spiro atoms. The van der Waals surface area contributed by atoms with E-state index in [-0.39, 0.29) is 5.91 Å². The third kappa shape index (κ3) is 1.91. The summed E-state index contributed by atoms with van der Waals surface area (Å²) in [6.45, 7) is 6.66. The number of nitrogens with one attached hydrogen (secondary N) is 2. The monoisotopic (exact) mass is 199 g/mol. The van der Waals surface area contributed by atoms with Crippen LogP contribution >= 0.6 is 0 Å². The van der Waals surface area contributed by atoms with E-state index in [0.717, 1.165) is 32.5 Å². The van der Waals surface area contributed by atoms with Gasteiger partial charge in [-0.05, 0) is 31.8 Å². The van der Waals surface area contributed by atoms with Gasteiger partial charge in [0.15, 0.2) is 0 Å². The molecule has 82 valence electrons. The smallest absolute Gasteiger partial charge is 0.238 e. The van der Waals surface area contributed by atoms with Crippen molar-refractivity contribution in [3.8, 4) is 0 Å². The molecule has 4 nitrogen and oxygen atoms in total. The average molecular weight is 199 g/mol. The van der Waals surface area contributed by atoms with Crippen molar-refractivity contribution in [3.63, 3.8) is 0 Å². The van der Waals surface area contributed by atoms with Crippen LogP contribution in [0.25, 0.3) is 0 Å². The Morgan fingerprint density at radius 1 is 1.64 bits per heavy atom. The van der Waals surface area contributed by atoms with Crippen molar-refractivity contribution < 1.29 is 4.79 Å². The number of rotatable bonds is 4. The minimum atomic E-state index is -0.477. The van der Waals surface area contributed by atoms with Crippen LogP contribution in [0.5, 0.6) is 0 Å². The zero-order valence-corrected chi connectivity index (χ0v) is 9.10. The molecule has 4 heteroatoms. The fourth-order valence-corrected chi connectivity index (χ4v) is 2.39. The maximum atomic E-state index is 11.6. The predicted octanol–water partition coefficient (Wildman–Crippen LogP) is -0.160. The molecule has 0 saturated carbocycles. The van der Waals surface area contributed by atoms with Crippen LogP contribution in [0.4, 0.5) is 0 Å². The molecule has 0 aromatic carbocycles. The fourth-order valence-electron chi connectivity index (χ4n) is 2.39. The number of amides is 1. The molecule has 4 N–H and O–H groups in total. The summed E-state index contributed by atoms with van der Waals surface area (Å²) < 4.78 is 0.